The summed E-state index contributed by atoms with van der Waals surface area (Å²) in [6, 6.07) is 5.86. The van der Waals surface area contributed by atoms with E-state index < -0.39 is 0 Å². The van der Waals surface area contributed by atoms with Gasteiger partial charge in [-0.2, -0.15) is 4.98 Å². The first-order valence-corrected chi connectivity index (χ1v) is 8.68. The van der Waals surface area contributed by atoms with E-state index in [1.54, 1.807) is 11.9 Å². The summed E-state index contributed by atoms with van der Waals surface area (Å²) in [7, 11) is 1.73. The van der Waals surface area contributed by atoms with Crippen molar-refractivity contribution in [2.75, 3.05) is 25.5 Å². The number of likely N-dealkylation sites (N-methyl/N-ethyl adjacent to an activating group) is 1. The van der Waals surface area contributed by atoms with E-state index in [9.17, 15) is 4.79 Å². The molecule has 3 rings (SSSR count). The van der Waals surface area contributed by atoms with Gasteiger partial charge in [0.15, 0.2) is 0 Å². The van der Waals surface area contributed by atoms with Crippen molar-refractivity contribution in [3.05, 3.63) is 35.2 Å². The monoisotopic (exact) mass is 343 g/mol. The van der Waals surface area contributed by atoms with E-state index in [0.29, 0.717) is 19.1 Å². The highest BCUT2D eigenvalue weighted by Gasteiger charge is 2.16. The number of fused-ring (bicyclic) bond motifs is 1. The van der Waals surface area contributed by atoms with Crippen molar-refractivity contribution in [3.63, 3.8) is 0 Å². The predicted octanol–water partition coefficient (Wildman–Crippen LogP) is 2.77. The molecule has 0 fully saturated rings. The number of hydrogen-bond donors (Lipinski definition) is 1. The second kappa shape index (κ2) is 7.55. The smallest absolute Gasteiger partial charge is 0.324 e. The third kappa shape index (κ3) is 4.49. The molecule has 0 saturated heterocycles. The molecule has 0 unspecified atom stereocenters. The van der Waals surface area contributed by atoms with Crippen LogP contribution in [0.3, 0.4) is 0 Å². The van der Waals surface area contributed by atoms with E-state index in [4.69, 9.17) is 4.74 Å². The Morgan fingerprint density at radius 3 is 2.76 bits per heavy atom. The number of nitrogens with one attached hydrogen (secondary N) is 1. The van der Waals surface area contributed by atoms with E-state index in [1.807, 2.05) is 30.7 Å². The van der Waals surface area contributed by atoms with Crippen molar-refractivity contribution in [1.29, 1.82) is 0 Å². The van der Waals surface area contributed by atoms with E-state index >= 15 is 0 Å². The van der Waals surface area contributed by atoms with Gasteiger partial charge in [-0.05, 0) is 49.9 Å². The van der Waals surface area contributed by atoms with Gasteiger partial charge in [-0.15, -0.1) is 5.10 Å². The van der Waals surface area contributed by atoms with Gasteiger partial charge in [0.05, 0.1) is 6.54 Å². The lowest BCUT2D eigenvalue weighted by molar-refractivity contribution is 0.207. The first-order valence-electron chi connectivity index (χ1n) is 8.68. The van der Waals surface area contributed by atoms with Gasteiger partial charge in [-0.3, -0.25) is 5.32 Å². The van der Waals surface area contributed by atoms with Crippen LogP contribution in [0.25, 0.3) is 0 Å². The Hall–Kier alpha value is -2.57. The lowest BCUT2D eigenvalue weighted by Crippen LogP contribution is -2.34. The molecular formula is C18H25N5O2. The minimum atomic E-state index is -0.230. The minimum Gasteiger partial charge on any atom is -0.492 e. The number of urea groups is 1. The second-order valence-electron chi connectivity index (χ2n) is 6.56. The Balaban J connectivity index is 1.48. The molecule has 0 bridgehead atoms. The van der Waals surface area contributed by atoms with Crippen LogP contribution >= 0.6 is 0 Å². The lowest BCUT2D eigenvalue weighted by Gasteiger charge is -2.17. The molecule has 0 radical (unpaired) electrons. The van der Waals surface area contributed by atoms with E-state index in [2.05, 4.69) is 21.5 Å². The summed E-state index contributed by atoms with van der Waals surface area (Å²) in [6.45, 7) is 5.86. The van der Waals surface area contributed by atoms with Crippen molar-refractivity contribution >= 4 is 12.0 Å². The van der Waals surface area contributed by atoms with Crippen LogP contribution in [0.4, 0.5) is 10.7 Å². The van der Waals surface area contributed by atoms with Gasteiger partial charge in [0.1, 0.15) is 18.2 Å². The van der Waals surface area contributed by atoms with Gasteiger partial charge in [0.2, 0.25) is 5.95 Å². The van der Waals surface area contributed by atoms with Crippen LogP contribution in [0.5, 0.6) is 5.75 Å². The lowest BCUT2D eigenvalue weighted by atomic mass is 10.1. The molecule has 1 aromatic carbocycles. The van der Waals surface area contributed by atoms with Crippen molar-refractivity contribution in [3.8, 4) is 5.75 Å². The van der Waals surface area contributed by atoms with Crippen molar-refractivity contribution in [2.24, 2.45) is 0 Å². The summed E-state index contributed by atoms with van der Waals surface area (Å²) in [5.74, 6) is 2.15. The van der Waals surface area contributed by atoms with Crippen LogP contribution in [0.15, 0.2) is 18.2 Å². The Kier molecular flexibility index (Phi) is 5.21. The Morgan fingerprint density at radius 2 is 2.04 bits per heavy atom. The number of amides is 2. The van der Waals surface area contributed by atoms with Crippen molar-refractivity contribution in [1.82, 2.24) is 19.7 Å². The Morgan fingerprint density at radius 1 is 1.28 bits per heavy atom. The second-order valence-corrected chi connectivity index (χ2v) is 6.56. The van der Waals surface area contributed by atoms with E-state index in [0.717, 1.165) is 48.5 Å². The first-order chi connectivity index (χ1) is 12.0. The van der Waals surface area contributed by atoms with Gasteiger partial charge in [-0.1, -0.05) is 6.07 Å². The van der Waals surface area contributed by atoms with E-state index in [-0.39, 0.29) is 6.03 Å². The number of ether oxygens (including phenoxy) is 1. The molecule has 1 aliphatic rings. The molecule has 1 N–H and O–H groups in total. The zero-order valence-electron chi connectivity index (χ0n) is 15.1. The summed E-state index contributed by atoms with van der Waals surface area (Å²) in [4.78, 5) is 18.2. The fraction of sp³-hybridized carbons (Fsp3) is 0.500. The van der Waals surface area contributed by atoms with E-state index in [1.165, 1.54) is 0 Å². The molecule has 0 saturated carbocycles. The van der Waals surface area contributed by atoms with Crippen LogP contribution in [0, 0.1) is 13.8 Å². The molecule has 2 aromatic rings. The van der Waals surface area contributed by atoms with Crippen LogP contribution in [-0.2, 0) is 13.0 Å². The average Bonchev–Trinajstić information content (AvgIpc) is 2.96. The van der Waals surface area contributed by atoms with Crippen molar-refractivity contribution in [2.45, 2.75) is 39.7 Å². The summed E-state index contributed by atoms with van der Waals surface area (Å²) < 4.78 is 7.63. The Bertz CT molecular complexity index is 712. The topological polar surface area (TPSA) is 72.3 Å². The number of nitrogens with zero attached hydrogens (tertiary/aromatic N) is 4. The maximum absolute atomic E-state index is 12.2. The first kappa shape index (κ1) is 17.3. The fourth-order valence-corrected chi connectivity index (χ4v) is 2.95. The molecule has 0 atom stereocenters. The molecule has 25 heavy (non-hydrogen) atoms. The third-order valence-electron chi connectivity index (χ3n) is 4.22. The summed E-state index contributed by atoms with van der Waals surface area (Å²) in [5, 5.41) is 7.09. The summed E-state index contributed by atoms with van der Waals surface area (Å²) in [5.41, 5.74) is 2.33. The number of rotatable bonds is 5. The van der Waals surface area contributed by atoms with Gasteiger partial charge in [-0.25, -0.2) is 9.48 Å². The highest BCUT2D eigenvalue weighted by Crippen LogP contribution is 2.16. The number of carbonyl (C=O) groups is 1. The maximum Gasteiger partial charge on any atom is 0.324 e. The summed E-state index contributed by atoms with van der Waals surface area (Å²) >= 11 is 0. The average molecular weight is 343 g/mol. The number of aromatic nitrogens is 3. The largest absolute Gasteiger partial charge is 0.492 e. The molecule has 134 valence electrons. The number of benzene rings is 1. The van der Waals surface area contributed by atoms with Gasteiger partial charge < -0.3 is 9.64 Å². The highest BCUT2D eigenvalue weighted by molar-refractivity contribution is 5.87. The molecule has 2 heterocycles. The van der Waals surface area contributed by atoms with Gasteiger partial charge >= 0.3 is 6.03 Å². The Labute approximate surface area is 148 Å². The third-order valence-corrected chi connectivity index (χ3v) is 4.22. The molecule has 1 aromatic heterocycles. The van der Waals surface area contributed by atoms with Crippen LogP contribution in [-0.4, -0.2) is 45.9 Å². The molecule has 0 aliphatic carbocycles. The zero-order chi connectivity index (χ0) is 17.8. The standard InChI is InChI=1S/C18H25N5O2/c1-13-10-14(2)12-15(11-13)25-9-8-22(3)18(24)20-17-19-16-6-4-5-7-23(16)21-17/h10-12H,4-9H2,1-3H3,(H,20,21,24). The minimum absolute atomic E-state index is 0.230. The number of hydrogen-bond acceptors (Lipinski definition) is 4. The van der Waals surface area contributed by atoms with Crippen molar-refractivity contribution < 1.29 is 9.53 Å². The quantitative estimate of drug-likeness (QED) is 0.906. The van der Waals surface area contributed by atoms with Gasteiger partial charge in [0, 0.05) is 20.0 Å². The fourth-order valence-electron chi connectivity index (χ4n) is 2.95. The molecule has 2 amide bonds. The van der Waals surface area contributed by atoms with Crippen LogP contribution < -0.4 is 10.1 Å². The molecule has 7 nitrogen and oxygen atoms in total. The predicted molar refractivity (Wildman–Crippen MR) is 96.0 cm³/mol. The van der Waals surface area contributed by atoms with Crippen LogP contribution in [0.2, 0.25) is 0 Å². The SMILES string of the molecule is Cc1cc(C)cc(OCCN(C)C(=O)Nc2nc3n(n2)CCCC3)c1. The maximum atomic E-state index is 12.2. The number of anilines is 1. The van der Waals surface area contributed by atoms with Crippen LogP contribution in [0.1, 0.15) is 29.8 Å². The highest BCUT2D eigenvalue weighted by atomic mass is 16.5. The molecule has 0 spiro atoms. The number of aryl methyl sites for hydroxylation is 4. The molecular weight excluding hydrogens is 318 g/mol. The van der Waals surface area contributed by atoms with Gasteiger partial charge in [0.25, 0.3) is 0 Å². The molecule has 1 aliphatic heterocycles. The number of carbonyl (C=O) groups excluding carboxylic acids is 1. The zero-order valence-corrected chi connectivity index (χ0v) is 15.1. The molecule has 7 heteroatoms. The summed E-state index contributed by atoms with van der Waals surface area (Å²) in [6.07, 6.45) is 3.16. The normalized spacial score (nSPS) is 13.2.